The number of esters is 1. The van der Waals surface area contributed by atoms with Crippen molar-refractivity contribution in [3.05, 3.63) is 78.5 Å². The van der Waals surface area contributed by atoms with Crippen LogP contribution in [0.4, 0.5) is 0 Å². The second kappa shape index (κ2) is 6.84. The van der Waals surface area contributed by atoms with Crippen molar-refractivity contribution in [3.8, 4) is 22.8 Å². The second-order valence-electron chi connectivity index (χ2n) is 5.81. The molecule has 0 radical (unpaired) electrons. The Morgan fingerprint density at radius 3 is 2.50 bits per heavy atom. The highest BCUT2D eigenvalue weighted by atomic mass is 16.5. The van der Waals surface area contributed by atoms with Crippen LogP contribution >= 0.6 is 0 Å². The molecule has 1 heterocycles. The Kier molecular flexibility index (Phi) is 4.23. The van der Waals surface area contributed by atoms with Gasteiger partial charge < -0.3 is 9.15 Å². The molecule has 4 nitrogen and oxygen atoms in total. The first-order valence-electron chi connectivity index (χ1n) is 8.49. The van der Waals surface area contributed by atoms with Crippen molar-refractivity contribution in [2.45, 2.75) is 6.92 Å². The van der Waals surface area contributed by atoms with Gasteiger partial charge in [-0.15, -0.1) is 0 Å². The molecule has 3 aromatic carbocycles. The van der Waals surface area contributed by atoms with Crippen molar-refractivity contribution in [2.24, 2.45) is 0 Å². The zero-order chi connectivity index (χ0) is 17.9. The molecule has 0 amide bonds. The lowest BCUT2D eigenvalue weighted by molar-refractivity contribution is 0.0520. The molecule has 0 atom stereocenters. The van der Waals surface area contributed by atoms with Gasteiger partial charge in [0.05, 0.1) is 6.61 Å². The van der Waals surface area contributed by atoms with Gasteiger partial charge in [0.15, 0.2) is 11.5 Å². The van der Waals surface area contributed by atoms with E-state index in [0.717, 1.165) is 21.9 Å². The van der Waals surface area contributed by atoms with E-state index < -0.39 is 5.97 Å². The molecule has 0 saturated carbocycles. The highest BCUT2D eigenvalue weighted by molar-refractivity contribution is 5.98. The Morgan fingerprint density at radius 2 is 1.69 bits per heavy atom. The lowest BCUT2D eigenvalue weighted by Gasteiger charge is -2.02. The molecule has 0 bridgehead atoms. The van der Waals surface area contributed by atoms with E-state index in [1.54, 1.807) is 6.92 Å². The van der Waals surface area contributed by atoms with Crippen molar-refractivity contribution < 1.29 is 13.9 Å². The molecular weight excluding hydrogens is 326 g/mol. The number of fused-ring (bicyclic) bond motifs is 1. The van der Waals surface area contributed by atoms with Crippen molar-refractivity contribution in [3.63, 3.8) is 0 Å². The predicted octanol–water partition coefficient (Wildman–Crippen LogP) is 5.34. The summed E-state index contributed by atoms with van der Waals surface area (Å²) < 4.78 is 11.2. The van der Waals surface area contributed by atoms with Crippen molar-refractivity contribution in [2.75, 3.05) is 6.61 Å². The van der Waals surface area contributed by atoms with Gasteiger partial charge >= 0.3 is 5.97 Å². The summed E-state index contributed by atoms with van der Waals surface area (Å²) in [5.41, 5.74) is 1.83. The molecule has 4 heteroatoms. The standard InChI is InChI=1S/C22H17NO3/c1-2-25-22(24)19-20(16-10-4-3-5-11-16)26-21(23-19)18-14-8-12-15-9-6-7-13-17(15)18/h3-14H,2H2,1H3. The summed E-state index contributed by atoms with van der Waals surface area (Å²) in [6, 6.07) is 23.4. The molecule has 0 saturated heterocycles. The highest BCUT2D eigenvalue weighted by Crippen LogP contribution is 2.33. The zero-order valence-corrected chi connectivity index (χ0v) is 14.3. The van der Waals surface area contributed by atoms with Crippen LogP contribution in [0.25, 0.3) is 33.6 Å². The van der Waals surface area contributed by atoms with Crippen LogP contribution in [0.1, 0.15) is 17.4 Å². The van der Waals surface area contributed by atoms with Crippen molar-refractivity contribution in [1.82, 2.24) is 4.98 Å². The maximum Gasteiger partial charge on any atom is 0.361 e. The number of carbonyl (C=O) groups is 1. The van der Waals surface area contributed by atoms with Crippen LogP contribution in [-0.2, 0) is 4.74 Å². The van der Waals surface area contributed by atoms with E-state index >= 15 is 0 Å². The minimum absolute atomic E-state index is 0.195. The van der Waals surface area contributed by atoms with Gasteiger partial charge in [-0.2, -0.15) is 0 Å². The van der Waals surface area contributed by atoms with E-state index in [-0.39, 0.29) is 12.3 Å². The van der Waals surface area contributed by atoms with Gasteiger partial charge in [0, 0.05) is 11.1 Å². The first-order chi connectivity index (χ1) is 12.8. The smallest absolute Gasteiger partial charge is 0.361 e. The Labute approximate surface area is 151 Å². The van der Waals surface area contributed by atoms with Crippen molar-refractivity contribution in [1.29, 1.82) is 0 Å². The summed E-state index contributed by atoms with van der Waals surface area (Å²) >= 11 is 0. The fraction of sp³-hybridized carbons (Fsp3) is 0.0909. The topological polar surface area (TPSA) is 52.3 Å². The molecule has 4 rings (SSSR count). The number of carbonyl (C=O) groups excluding carboxylic acids is 1. The number of ether oxygens (including phenoxy) is 1. The third kappa shape index (κ3) is 2.86. The van der Waals surface area contributed by atoms with Gasteiger partial charge in [0.1, 0.15) is 0 Å². The van der Waals surface area contributed by atoms with E-state index in [4.69, 9.17) is 9.15 Å². The fourth-order valence-electron chi connectivity index (χ4n) is 2.97. The van der Waals surface area contributed by atoms with E-state index in [1.165, 1.54) is 0 Å². The highest BCUT2D eigenvalue weighted by Gasteiger charge is 2.23. The second-order valence-corrected chi connectivity index (χ2v) is 5.81. The predicted molar refractivity (Wildman–Crippen MR) is 101 cm³/mol. The molecule has 0 aliphatic carbocycles. The maximum absolute atomic E-state index is 12.4. The quantitative estimate of drug-likeness (QED) is 0.469. The third-order valence-electron chi connectivity index (χ3n) is 4.15. The first-order valence-corrected chi connectivity index (χ1v) is 8.49. The van der Waals surface area contributed by atoms with Crippen LogP contribution < -0.4 is 0 Å². The fourth-order valence-corrected chi connectivity index (χ4v) is 2.97. The largest absolute Gasteiger partial charge is 0.461 e. The summed E-state index contributed by atoms with van der Waals surface area (Å²) in [4.78, 5) is 16.9. The molecule has 1 aromatic heterocycles. The molecule has 0 N–H and O–H groups in total. The SMILES string of the molecule is CCOC(=O)c1nc(-c2cccc3ccccc23)oc1-c1ccccc1. The molecule has 0 spiro atoms. The molecule has 4 aromatic rings. The summed E-state index contributed by atoms with van der Waals surface area (Å²) in [6.07, 6.45) is 0. The van der Waals surface area contributed by atoms with Crippen LogP contribution in [0.15, 0.2) is 77.2 Å². The Hall–Kier alpha value is -3.40. The number of hydrogen-bond acceptors (Lipinski definition) is 4. The number of aromatic nitrogens is 1. The number of benzene rings is 3. The number of oxazole rings is 1. The minimum Gasteiger partial charge on any atom is -0.461 e. The van der Waals surface area contributed by atoms with Gasteiger partial charge in [-0.05, 0) is 23.8 Å². The summed E-state index contributed by atoms with van der Waals surface area (Å²) in [7, 11) is 0. The molecule has 26 heavy (non-hydrogen) atoms. The summed E-state index contributed by atoms with van der Waals surface area (Å²) in [5.74, 6) is 0.345. The van der Waals surface area contributed by atoms with Gasteiger partial charge in [-0.1, -0.05) is 66.7 Å². The Balaban J connectivity index is 1.91. The molecule has 0 aliphatic heterocycles. The lowest BCUT2D eigenvalue weighted by atomic mass is 10.0. The van der Waals surface area contributed by atoms with Crippen LogP contribution in [0.2, 0.25) is 0 Å². The van der Waals surface area contributed by atoms with Gasteiger partial charge in [-0.3, -0.25) is 0 Å². The summed E-state index contributed by atoms with van der Waals surface area (Å²) in [5, 5.41) is 2.11. The molecule has 0 aliphatic rings. The minimum atomic E-state index is -0.485. The monoisotopic (exact) mass is 343 g/mol. The van der Waals surface area contributed by atoms with Gasteiger partial charge in [0.25, 0.3) is 0 Å². The number of nitrogens with zero attached hydrogens (tertiary/aromatic N) is 1. The van der Waals surface area contributed by atoms with Crippen molar-refractivity contribution >= 4 is 16.7 Å². The van der Waals surface area contributed by atoms with Crippen LogP contribution in [0.3, 0.4) is 0 Å². The molecular formula is C22H17NO3. The molecule has 0 unspecified atom stereocenters. The molecule has 128 valence electrons. The zero-order valence-electron chi connectivity index (χ0n) is 14.3. The van der Waals surface area contributed by atoms with E-state index in [0.29, 0.717) is 11.7 Å². The van der Waals surface area contributed by atoms with Crippen LogP contribution in [0.5, 0.6) is 0 Å². The van der Waals surface area contributed by atoms with Crippen LogP contribution in [-0.4, -0.2) is 17.6 Å². The normalized spacial score (nSPS) is 10.8. The number of hydrogen-bond donors (Lipinski definition) is 0. The van der Waals surface area contributed by atoms with Crippen LogP contribution in [0, 0.1) is 0 Å². The maximum atomic E-state index is 12.4. The number of rotatable bonds is 4. The van der Waals surface area contributed by atoms with Gasteiger partial charge in [0.2, 0.25) is 5.89 Å². The Bertz CT molecular complexity index is 1060. The third-order valence-corrected chi connectivity index (χ3v) is 4.15. The average Bonchev–Trinajstić information content (AvgIpc) is 3.14. The summed E-state index contributed by atoms with van der Waals surface area (Å²) in [6.45, 7) is 2.05. The first kappa shape index (κ1) is 16.1. The van der Waals surface area contributed by atoms with E-state index in [9.17, 15) is 4.79 Å². The molecule has 0 fully saturated rings. The van der Waals surface area contributed by atoms with Gasteiger partial charge in [-0.25, -0.2) is 9.78 Å². The average molecular weight is 343 g/mol. The lowest BCUT2D eigenvalue weighted by Crippen LogP contribution is -2.06. The van der Waals surface area contributed by atoms with E-state index in [1.807, 2.05) is 72.8 Å². The Morgan fingerprint density at radius 1 is 0.962 bits per heavy atom. The van der Waals surface area contributed by atoms with E-state index in [2.05, 4.69) is 4.98 Å².